The van der Waals surface area contributed by atoms with Crippen molar-refractivity contribution in [2.75, 3.05) is 5.73 Å². The Balaban J connectivity index is 2.64. The molecular formula is C10H12N4. The fourth-order valence-electron chi connectivity index (χ4n) is 1.67. The molecule has 0 spiro atoms. The SMILES string of the molecule is Cc1cc(N)cc(C)c1-n1cncn1. The van der Waals surface area contributed by atoms with Gasteiger partial charge in [0.05, 0.1) is 5.69 Å². The molecule has 14 heavy (non-hydrogen) atoms. The summed E-state index contributed by atoms with van der Waals surface area (Å²) in [5, 5.41) is 4.10. The van der Waals surface area contributed by atoms with E-state index in [0.717, 1.165) is 22.5 Å². The van der Waals surface area contributed by atoms with Crippen LogP contribution in [0.15, 0.2) is 24.8 Å². The summed E-state index contributed by atoms with van der Waals surface area (Å²) in [5.74, 6) is 0. The van der Waals surface area contributed by atoms with E-state index < -0.39 is 0 Å². The van der Waals surface area contributed by atoms with Gasteiger partial charge in [-0.05, 0) is 37.1 Å². The second-order valence-electron chi connectivity index (χ2n) is 3.34. The third kappa shape index (κ3) is 1.35. The molecular weight excluding hydrogens is 176 g/mol. The molecule has 0 saturated carbocycles. The first kappa shape index (κ1) is 8.74. The van der Waals surface area contributed by atoms with Crippen molar-refractivity contribution in [3.63, 3.8) is 0 Å². The number of aryl methyl sites for hydroxylation is 2. The van der Waals surface area contributed by atoms with Crippen LogP contribution in [0.2, 0.25) is 0 Å². The number of nitrogens with two attached hydrogens (primary N) is 1. The molecule has 4 heteroatoms. The van der Waals surface area contributed by atoms with Gasteiger partial charge in [0.15, 0.2) is 0 Å². The number of nitrogens with zero attached hydrogens (tertiary/aromatic N) is 3. The van der Waals surface area contributed by atoms with E-state index in [-0.39, 0.29) is 0 Å². The lowest BCUT2D eigenvalue weighted by Crippen LogP contribution is -2.01. The molecule has 2 aromatic rings. The standard InChI is InChI=1S/C10H12N4/c1-7-3-9(11)4-8(2)10(7)14-6-12-5-13-14/h3-6H,11H2,1-2H3. The van der Waals surface area contributed by atoms with E-state index in [1.165, 1.54) is 6.33 Å². The van der Waals surface area contributed by atoms with Crippen LogP contribution < -0.4 is 5.73 Å². The largest absolute Gasteiger partial charge is 0.399 e. The first-order valence-electron chi connectivity index (χ1n) is 4.40. The Morgan fingerprint density at radius 1 is 1.21 bits per heavy atom. The maximum absolute atomic E-state index is 5.74. The highest BCUT2D eigenvalue weighted by atomic mass is 15.3. The molecule has 0 aliphatic rings. The Labute approximate surface area is 82.4 Å². The molecule has 2 N–H and O–H groups in total. The summed E-state index contributed by atoms with van der Waals surface area (Å²) in [6.45, 7) is 4.03. The summed E-state index contributed by atoms with van der Waals surface area (Å²) < 4.78 is 1.75. The number of nitrogen functional groups attached to an aromatic ring is 1. The Kier molecular flexibility index (Phi) is 1.96. The summed E-state index contributed by atoms with van der Waals surface area (Å²) in [6.07, 6.45) is 3.21. The number of anilines is 1. The molecule has 1 aromatic heterocycles. The molecule has 0 unspecified atom stereocenters. The maximum Gasteiger partial charge on any atom is 0.138 e. The monoisotopic (exact) mass is 188 g/mol. The zero-order valence-electron chi connectivity index (χ0n) is 8.23. The lowest BCUT2D eigenvalue weighted by atomic mass is 10.1. The molecule has 0 saturated heterocycles. The number of benzene rings is 1. The molecule has 0 atom stereocenters. The van der Waals surface area contributed by atoms with Crippen LogP contribution in [-0.2, 0) is 0 Å². The third-order valence-corrected chi connectivity index (χ3v) is 2.16. The van der Waals surface area contributed by atoms with E-state index in [2.05, 4.69) is 10.1 Å². The van der Waals surface area contributed by atoms with Crippen molar-refractivity contribution in [3.8, 4) is 5.69 Å². The van der Waals surface area contributed by atoms with Crippen LogP contribution in [-0.4, -0.2) is 14.8 Å². The third-order valence-electron chi connectivity index (χ3n) is 2.16. The fourth-order valence-corrected chi connectivity index (χ4v) is 1.67. The fraction of sp³-hybridized carbons (Fsp3) is 0.200. The number of hydrogen-bond donors (Lipinski definition) is 1. The Bertz CT molecular complexity index is 422. The van der Waals surface area contributed by atoms with Crippen LogP contribution in [0.4, 0.5) is 5.69 Å². The summed E-state index contributed by atoms with van der Waals surface area (Å²) in [4.78, 5) is 3.92. The molecule has 0 bridgehead atoms. The van der Waals surface area contributed by atoms with Crippen molar-refractivity contribution in [2.45, 2.75) is 13.8 Å². The Hall–Kier alpha value is -1.84. The summed E-state index contributed by atoms with van der Waals surface area (Å²) in [7, 11) is 0. The van der Waals surface area contributed by atoms with Crippen LogP contribution >= 0.6 is 0 Å². The zero-order valence-corrected chi connectivity index (χ0v) is 8.23. The normalized spacial score (nSPS) is 10.4. The highest BCUT2D eigenvalue weighted by Gasteiger charge is 2.06. The predicted molar refractivity (Wildman–Crippen MR) is 55.2 cm³/mol. The van der Waals surface area contributed by atoms with Gasteiger partial charge in [-0.3, -0.25) is 0 Å². The van der Waals surface area contributed by atoms with Crippen LogP contribution in [0.1, 0.15) is 11.1 Å². The van der Waals surface area contributed by atoms with Crippen LogP contribution in [0.3, 0.4) is 0 Å². The van der Waals surface area contributed by atoms with Gasteiger partial charge < -0.3 is 5.73 Å². The summed E-state index contributed by atoms with van der Waals surface area (Å²) in [6, 6.07) is 3.87. The molecule has 1 heterocycles. The molecule has 0 amide bonds. The van der Waals surface area contributed by atoms with Crippen LogP contribution in [0.25, 0.3) is 5.69 Å². The van der Waals surface area contributed by atoms with Crippen molar-refractivity contribution in [1.82, 2.24) is 14.8 Å². The highest BCUT2D eigenvalue weighted by Crippen LogP contribution is 2.20. The number of rotatable bonds is 1. The van der Waals surface area contributed by atoms with Crippen LogP contribution in [0.5, 0.6) is 0 Å². The molecule has 0 aliphatic carbocycles. The van der Waals surface area contributed by atoms with E-state index in [1.54, 1.807) is 11.0 Å². The Morgan fingerprint density at radius 3 is 2.36 bits per heavy atom. The lowest BCUT2D eigenvalue weighted by molar-refractivity contribution is 0.863. The van der Waals surface area contributed by atoms with Crippen molar-refractivity contribution in [1.29, 1.82) is 0 Å². The van der Waals surface area contributed by atoms with Crippen molar-refractivity contribution in [3.05, 3.63) is 35.9 Å². The van der Waals surface area contributed by atoms with Crippen LogP contribution in [0, 0.1) is 13.8 Å². The van der Waals surface area contributed by atoms with Gasteiger partial charge in [0.1, 0.15) is 12.7 Å². The maximum atomic E-state index is 5.74. The average molecular weight is 188 g/mol. The van der Waals surface area contributed by atoms with E-state index in [0.29, 0.717) is 0 Å². The summed E-state index contributed by atoms with van der Waals surface area (Å²) in [5.41, 5.74) is 9.78. The van der Waals surface area contributed by atoms with Gasteiger partial charge in [-0.1, -0.05) is 0 Å². The van der Waals surface area contributed by atoms with Gasteiger partial charge in [0.2, 0.25) is 0 Å². The minimum Gasteiger partial charge on any atom is -0.399 e. The van der Waals surface area contributed by atoms with Gasteiger partial charge in [-0.25, -0.2) is 9.67 Å². The first-order chi connectivity index (χ1) is 6.68. The number of hydrogen-bond acceptors (Lipinski definition) is 3. The summed E-state index contributed by atoms with van der Waals surface area (Å²) >= 11 is 0. The molecule has 4 nitrogen and oxygen atoms in total. The number of aromatic nitrogens is 3. The molecule has 1 aromatic carbocycles. The smallest absolute Gasteiger partial charge is 0.138 e. The quantitative estimate of drug-likeness (QED) is 0.689. The van der Waals surface area contributed by atoms with Gasteiger partial charge in [-0.15, -0.1) is 0 Å². The highest BCUT2D eigenvalue weighted by molar-refractivity contribution is 5.55. The Morgan fingerprint density at radius 2 is 1.86 bits per heavy atom. The molecule has 0 aliphatic heterocycles. The lowest BCUT2D eigenvalue weighted by Gasteiger charge is -2.09. The van der Waals surface area contributed by atoms with E-state index >= 15 is 0 Å². The molecule has 0 fully saturated rings. The zero-order chi connectivity index (χ0) is 10.1. The van der Waals surface area contributed by atoms with Crippen molar-refractivity contribution < 1.29 is 0 Å². The second-order valence-corrected chi connectivity index (χ2v) is 3.34. The van der Waals surface area contributed by atoms with Gasteiger partial charge in [-0.2, -0.15) is 5.10 Å². The van der Waals surface area contributed by atoms with Gasteiger partial charge in [0.25, 0.3) is 0 Å². The molecule has 0 radical (unpaired) electrons. The predicted octanol–water partition coefficient (Wildman–Crippen LogP) is 1.47. The van der Waals surface area contributed by atoms with E-state index in [1.807, 2.05) is 26.0 Å². The average Bonchev–Trinajstić information content (AvgIpc) is 2.54. The van der Waals surface area contributed by atoms with E-state index in [4.69, 9.17) is 5.73 Å². The molecule has 72 valence electrons. The van der Waals surface area contributed by atoms with Crippen molar-refractivity contribution in [2.24, 2.45) is 0 Å². The van der Waals surface area contributed by atoms with Gasteiger partial charge in [0, 0.05) is 5.69 Å². The first-order valence-corrected chi connectivity index (χ1v) is 4.40. The van der Waals surface area contributed by atoms with Gasteiger partial charge >= 0.3 is 0 Å². The van der Waals surface area contributed by atoms with E-state index in [9.17, 15) is 0 Å². The van der Waals surface area contributed by atoms with Crippen molar-refractivity contribution >= 4 is 5.69 Å². The minimum absolute atomic E-state index is 0.781. The topological polar surface area (TPSA) is 56.7 Å². The second kappa shape index (κ2) is 3.14. The molecule has 2 rings (SSSR count). The minimum atomic E-state index is 0.781.